The number of carboxylic acid groups (broad SMARTS) is 1. The van der Waals surface area contributed by atoms with Crippen LogP contribution in [0.2, 0.25) is 0 Å². The Morgan fingerprint density at radius 1 is 1.21 bits per heavy atom. The number of fused-ring (bicyclic) bond motifs is 3. The van der Waals surface area contributed by atoms with Crippen LogP contribution in [0, 0.1) is 6.92 Å². The molecule has 1 aliphatic carbocycles. The summed E-state index contributed by atoms with van der Waals surface area (Å²) in [6.07, 6.45) is 3.94. The van der Waals surface area contributed by atoms with Crippen molar-refractivity contribution in [3.05, 3.63) is 39.2 Å². The molecule has 2 aliphatic rings. The zero-order valence-electron chi connectivity index (χ0n) is 16.7. The predicted molar refractivity (Wildman–Crippen MR) is 106 cm³/mol. The normalized spacial score (nSPS) is 19.8. The molecule has 2 heterocycles. The lowest BCUT2D eigenvalue weighted by Gasteiger charge is -2.26. The molecule has 7 heteroatoms. The van der Waals surface area contributed by atoms with Crippen LogP contribution in [0.1, 0.15) is 49.3 Å². The van der Waals surface area contributed by atoms with Crippen LogP contribution in [0.5, 0.6) is 5.75 Å². The molecular formula is C22H25NO6. The van der Waals surface area contributed by atoms with E-state index >= 15 is 0 Å². The third kappa shape index (κ3) is 3.39. The minimum absolute atomic E-state index is 0.294. The summed E-state index contributed by atoms with van der Waals surface area (Å²) in [7, 11) is 0. The molecule has 0 bridgehead atoms. The van der Waals surface area contributed by atoms with Gasteiger partial charge in [-0.3, -0.25) is 4.79 Å². The Bertz CT molecular complexity index is 1040. The van der Waals surface area contributed by atoms with E-state index in [1.54, 1.807) is 13.0 Å². The summed E-state index contributed by atoms with van der Waals surface area (Å²) in [5.74, 6) is -0.874. The maximum Gasteiger partial charge on any atom is 0.339 e. The van der Waals surface area contributed by atoms with E-state index in [-0.39, 0.29) is 11.5 Å². The standard InChI is InChI=1S/C22H25NO6/c1-12-18(28-13(2)20(24)23-11-5-8-17(23)21(25)26)10-9-15-14-6-3-4-7-16(14)22(27)29-19(12)15/h9-10,13,17H,3-8,11H2,1-2H3,(H,25,26)/t13?,17-/m0/s1. The Balaban J connectivity index is 1.63. The van der Waals surface area contributed by atoms with Gasteiger partial charge in [0.2, 0.25) is 0 Å². The Hall–Kier alpha value is -2.83. The molecule has 7 nitrogen and oxygen atoms in total. The quantitative estimate of drug-likeness (QED) is 0.794. The first-order chi connectivity index (χ1) is 13.9. The number of benzene rings is 1. The lowest BCUT2D eigenvalue weighted by molar-refractivity contribution is -0.150. The minimum atomic E-state index is -0.989. The van der Waals surface area contributed by atoms with Gasteiger partial charge in [0.15, 0.2) is 6.10 Å². The van der Waals surface area contributed by atoms with E-state index in [1.165, 1.54) is 4.90 Å². The molecule has 1 aromatic carbocycles. The van der Waals surface area contributed by atoms with Gasteiger partial charge in [-0.1, -0.05) is 0 Å². The monoisotopic (exact) mass is 399 g/mol. The van der Waals surface area contributed by atoms with Gasteiger partial charge >= 0.3 is 11.6 Å². The van der Waals surface area contributed by atoms with Crippen molar-refractivity contribution in [1.82, 2.24) is 4.90 Å². The number of amides is 1. The summed E-state index contributed by atoms with van der Waals surface area (Å²) in [4.78, 5) is 37.9. The van der Waals surface area contributed by atoms with Crippen molar-refractivity contribution in [1.29, 1.82) is 0 Å². The maximum atomic E-state index is 12.7. The number of ether oxygens (including phenoxy) is 1. The molecule has 1 unspecified atom stereocenters. The first kappa shape index (κ1) is 19.5. The summed E-state index contributed by atoms with van der Waals surface area (Å²) in [6, 6.07) is 2.89. The molecule has 1 amide bonds. The highest BCUT2D eigenvalue weighted by Crippen LogP contribution is 2.33. The van der Waals surface area contributed by atoms with Crippen molar-refractivity contribution >= 4 is 22.8 Å². The fourth-order valence-electron chi connectivity index (χ4n) is 4.51. The molecule has 0 radical (unpaired) electrons. The Morgan fingerprint density at radius 3 is 2.66 bits per heavy atom. The molecule has 1 aliphatic heterocycles. The molecule has 4 rings (SSSR count). The third-order valence-electron chi connectivity index (χ3n) is 6.06. The van der Waals surface area contributed by atoms with Gasteiger partial charge < -0.3 is 19.2 Å². The summed E-state index contributed by atoms with van der Waals surface area (Å²) < 4.78 is 11.5. The van der Waals surface area contributed by atoms with E-state index < -0.39 is 18.1 Å². The number of hydrogen-bond acceptors (Lipinski definition) is 5. The second-order valence-electron chi connectivity index (χ2n) is 7.91. The molecule has 1 aromatic heterocycles. The Morgan fingerprint density at radius 2 is 1.93 bits per heavy atom. The van der Waals surface area contributed by atoms with Crippen molar-refractivity contribution in [2.45, 2.75) is 64.5 Å². The van der Waals surface area contributed by atoms with Gasteiger partial charge in [-0.2, -0.15) is 0 Å². The highest BCUT2D eigenvalue weighted by Gasteiger charge is 2.36. The summed E-state index contributed by atoms with van der Waals surface area (Å²) in [5, 5.41) is 10.2. The van der Waals surface area contributed by atoms with Crippen LogP contribution in [0.25, 0.3) is 11.0 Å². The lowest BCUT2D eigenvalue weighted by atomic mass is 9.90. The van der Waals surface area contributed by atoms with Crippen LogP contribution in [-0.4, -0.2) is 40.6 Å². The largest absolute Gasteiger partial charge is 0.480 e. The van der Waals surface area contributed by atoms with Gasteiger partial charge in [0, 0.05) is 23.1 Å². The van der Waals surface area contributed by atoms with Gasteiger partial charge in [-0.15, -0.1) is 0 Å². The van der Waals surface area contributed by atoms with Crippen molar-refractivity contribution in [2.24, 2.45) is 0 Å². The highest BCUT2D eigenvalue weighted by atomic mass is 16.5. The van der Waals surface area contributed by atoms with Crippen molar-refractivity contribution in [3.8, 4) is 5.75 Å². The topological polar surface area (TPSA) is 97.0 Å². The molecule has 2 aromatic rings. The van der Waals surface area contributed by atoms with E-state index in [4.69, 9.17) is 9.15 Å². The summed E-state index contributed by atoms with van der Waals surface area (Å²) >= 11 is 0. The average molecular weight is 399 g/mol. The zero-order valence-corrected chi connectivity index (χ0v) is 16.7. The SMILES string of the molecule is Cc1c(OC(C)C(=O)N2CCC[C@H]2C(=O)O)ccc2c3c(c(=O)oc12)CCCC3. The fraction of sp³-hybridized carbons (Fsp3) is 0.500. The summed E-state index contributed by atoms with van der Waals surface area (Å²) in [5.41, 5.74) is 2.70. The van der Waals surface area contributed by atoms with Crippen LogP contribution < -0.4 is 10.4 Å². The molecule has 1 saturated heterocycles. The second-order valence-corrected chi connectivity index (χ2v) is 7.91. The number of nitrogens with zero attached hydrogens (tertiary/aromatic N) is 1. The number of carboxylic acids is 1. The van der Waals surface area contributed by atoms with E-state index in [2.05, 4.69) is 0 Å². The van der Waals surface area contributed by atoms with Crippen LogP contribution in [0.4, 0.5) is 0 Å². The Kier molecular flexibility index (Phi) is 5.06. The first-order valence-corrected chi connectivity index (χ1v) is 10.2. The molecule has 0 saturated carbocycles. The molecular weight excluding hydrogens is 374 g/mol. The smallest absolute Gasteiger partial charge is 0.339 e. The van der Waals surface area contributed by atoms with E-state index in [9.17, 15) is 19.5 Å². The van der Waals surface area contributed by atoms with Crippen LogP contribution in [-0.2, 0) is 22.4 Å². The molecule has 1 N–H and O–H groups in total. The predicted octanol–water partition coefficient (Wildman–Crippen LogP) is 2.82. The van der Waals surface area contributed by atoms with Gasteiger partial charge in [-0.05, 0) is 70.1 Å². The number of aryl methyl sites for hydroxylation is 2. The van der Waals surface area contributed by atoms with Crippen molar-refractivity contribution in [3.63, 3.8) is 0 Å². The van der Waals surface area contributed by atoms with E-state index in [0.29, 0.717) is 36.3 Å². The Labute approximate surface area is 168 Å². The minimum Gasteiger partial charge on any atom is -0.480 e. The number of likely N-dealkylation sites (tertiary alicyclic amines) is 1. The van der Waals surface area contributed by atoms with Crippen molar-refractivity contribution < 1.29 is 23.8 Å². The molecule has 154 valence electrons. The van der Waals surface area contributed by atoms with Crippen LogP contribution in [0.3, 0.4) is 0 Å². The van der Waals surface area contributed by atoms with E-state index in [0.717, 1.165) is 42.2 Å². The van der Waals surface area contributed by atoms with Gasteiger partial charge in [0.1, 0.15) is 17.4 Å². The maximum absolute atomic E-state index is 12.7. The molecule has 29 heavy (non-hydrogen) atoms. The van der Waals surface area contributed by atoms with Crippen LogP contribution >= 0.6 is 0 Å². The van der Waals surface area contributed by atoms with Gasteiger partial charge in [-0.25, -0.2) is 9.59 Å². The first-order valence-electron chi connectivity index (χ1n) is 10.2. The lowest BCUT2D eigenvalue weighted by Crippen LogP contribution is -2.46. The number of carbonyl (C=O) groups is 2. The van der Waals surface area contributed by atoms with Gasteiger partial charge in [0.25, 0.3) is 5.91 Å². The van der Waals surface area contributed by atoms with Gasteiger partial charge in [0.05, 0.1) is 0 Å². The fourth-order valence-corrected chi connectivity index (χ4v) is 4.51. The molecule has 2 atom stereocenters. The summed E-state index contributed by atoms with van der Waals surface area (Å²) in [6.45, 7) is 3.84. The highest BCUT2D eigenvalue weighted by molar-refractivity contribution is 5.88. The third-order valence-corrected chi connectivity index (χ3v) is 6.06. The number of rotatable bonds is 4. The average Bonchev–Trinajstić information content (AvgIpc) is 3.20. The molecule has 0 spiro atoms. The zero-order chi connectivity index (χ0) is 20.7. The number of carbonyl (C=O) groups excluding carboxylic acids is 1. The second kappa shape index (κ2) is 7.54. The number of aliphatic carboxylic acids is 1. The van der Waals surface area contributed by atoms with Crippen LogP contribution in [0.15, 0.2) is 21.3 Å². The number of hydrogen-bond donors (Lipinski definition) is 1. The molecule has 1 fully saturated rings. The van der Waals surface area contributed by atoms with E-state index in [1.807, 2.05) is 13.0 Å². The van der Waals surface area contributed by atoms with Crippen molar-refractivity contribution in [2.75, 3.05) is 6.54 Å².